The van der Waals surface area contributed by atoms with Gasteiger partial charge in [-0.15, -0.1) is 0 Å². The average molecular weight is 223 g/mol. The largest absolute Gasteiger partial charge is 0.497 e. The summed E-state index contributed by atoms with van der Waals surface area (Å²) in [4.78, 5) is 11.5. The Kier molecular flexibility index (Phi) is 4.31. The molecule has 0 bridgehead atoms. The summed E-state index contributed by atoms with van der Waals surface area (Å²) >= 11 is 0. The van der Waals surface area contributed by atoms with E-state index in [1.807, 2.05) is 25.1 Å². The summed E-state index contributed by atoms with van der Waals surface area (Å²) in [7, 11) is 2.97. The summed E-state index contributed by atoms with van der Waals surface area (Å²) in [6.45, 7) is 2.16. The zero-order chi connectivity index (χ0) is 12.1. The molecule has 16 heavy (non-hydrogen) atoms. The molecule has 0 fully saturated rings. The van der Waals surface area contributed by atoms with Crippen LogP contribution in [-0.2, 0) is 9.53 Å². The Morgan fingerprint density at radius 2 is 2.12 bits per heavy atom. The van der Waals surface area contributed by atoms with Crippen molar-refractivity contribution in [3.63, 3.8) is 0 Å². The number of rotatable bonds is 4. The molecule has 0 saturated heterocycles. The van der Waals surface area contributed by atoms with Crippen molar-refractivity contribution in [2.24, 2.45) is 5.73 Å². The fourth-order valence-corrected chi connectivity index (χ4v) is 1.66. The highest BCUT2D eigenvalue weighted by Gasteiger charge is 2.21. The highest BCUT2D eigenvalue weighted by molar-refractivity contribution is 5.79. The minimum Gasteiger partial charge on any atom is -0.497 e. The topological polar surface area (TPSA) is 61.5 Å². The Labute approximate surface area is 95.3 Å². The lowest BCUT2D eigenvalue weighted by Crippen LogP contribution is -2.23. The highest BCUT2D eigenvalue weighted by Crippen LogP contribution is 2.24. The third kappa shape index (κ3) is 2.52. The summed E-state index contributed by atoms with van der Waals surface area (Å²) < 4.78 is 9.82. The molecule has 88 valence electrons. The van der Waals surface area contributed by atoms with E-state index in [4.69, 9.17) is 15.2 Å². The Morgan fingerprint density at radius 1 is 1.44 bits per heavy atom. The summed E-state index contributed by atoms with van der Waals surface area (Å²) in [5, 5.41) is 0. The predicted octanol–water partition coefficient (Wildman–Crippen LogP) is 1.22. The van der Waals surface area contributed by atoms with Gasteiger partial charge in [-0.2, -0.15) is 0 Å². The van der Waals surface area contributed by atoms with Crippen molar-refractivity contribution in [1.82, 2.24) is 0 Å². The van der Waals surface area contributed by atoms with Gasteiger partial charge in [-0.3, -0.25) is 4.79 Å². The molecule has 4 nitrogen and oxygen atoms in total. The number of esters is 1. The number of hydrogen-bond acceptors (Lipinski definition) is 4. The molecule has 0 saturated carbocycles. The van der Waals surface area contributed by atoms with Crippen LogP contribution in [0.15, 0.2) is 18.2 Å². The van der Waals surface area contributed by atoms with Gasteiger partial charge in [0.25, 0.3) is 0 Å². The van der Waals surface area contributed by atoms with Crippen molar-refractivity contribution in [2.45, 2.75) is 12.8 Å². The minimum absolute atomic E-state index is 0.236. The molecule has 0 aliphatic rings. The van der Waals surface area contributed by atoms with E-state index in [-0.39, 0.29) is 12.5 Å². The second-order valence-corrected chi connectivity index (χ2v) is 3.53. The van der Waals surface area contributed by atoms with Crippen molar-refractivity contribution in [3.8, 4) is 5.75 Å². The van der Waals surface area contributed by atoms with Gasteiger partial charge in [0.05, 0.1) is 20.1 Å². The van der Waals surface area contributed by atoms with Crippen LogP contribution in [0.5, 0.6) is 5.75 Å². The first kappa shape index (κ1) is 12.5. The van der Waals surface area contributed by atoms with E-state index in [1.165, 1.54) is 7.11 Å². The Morgan fingerprint density at radius 3 is 2.56 bits per heavy atom. The first-order valence-electron chi connectivity index (χ1n) is 5.06. The van der Waals surface area contributed by atoms with E-state index in [9.17, 15) is 4.79 Å². The Hall–Kier alpha value is -1.55. The summed E-state index contributed by atoms with van der Waals surface area (Å²) in [6, 6.07) is 5.54. The molecule has 1 atom stereocenters. The number of hydrogen-bond donors (Lipinski definition) is 1. The van der Waals surface area contributed by atoms with Crippen molar-refractivity contribution in [2.75, 3.05) is 20.8 Å². The van der Waals surface area contributed by atoms with Gasteiger partial charge in [0, 0.05) is 6.54 Å². The molecule has 0 aliphatic carbocycles. The number of methoxy groups -OCH3 is 2. The number of ether oxygens (including phenoxy) is 2. The van der Waals surface area contributed by atoms with Crippen LogP contribution in [0, 0.1) is 6.92 Å². The molecule has 0 heterocycles. The molecular formula is C12H17NO3. The van der Waals surface area contributed by atoms with E-state index in [0.29, 0.717) is 0 Å². The van der Waals surface area contributed by atoms with Crippen molar-refractivity contribution >= 4 is 5.97 Å². The van der Waals surface area contributed by atoms with Crippen LogP contribution in [0.3, 0.4) is 0 Å². The number of aryl methyl sites for hydroxylation is 1. The maximum Gasteiger partial charge on any atom is 0.314 e. The quantitative estimate of drug-likeness (QED) is 0.779. The Balaban J connectivity index is 3.06. The number of benzene rings is 1. The third-order valence-electron chi connectivity index (χ3n) is 2.57. The maximum atomic E-state index is 11.5. The second kappa shape index (κ2) is 5.51. The molecule has 0 radical (unpaired) electrons. The van der Waals surface area contributed by atoms with Crippen LogP contribution in [0.2, 0.25) is 0 Å². The molecular weight excluding hydrogens is 206 g/mol. The fraction of sp³-hybridized carbons (Fsp3) is 0.417. The van der Waals surface area contributed by atoms with Gasteiger partial charge in [-0.1, -0.05) is 6.07 Å². The first-order chi connectivity index (χ1) is 7.63. The SMILES string of the molecule is COC(=O)C(CN)c1ccc(OC)cc1C. The van der Waals surface area contributed by atoms with Crippen LogP contribution in [0.25, 0.3) is 0 Å². The van der Waals surface area contributed by atoms with Gasteiger partial charge in [0.1, 0.15) is 5.75 Å². The number of carbonyl (C=O) groups is 1. The van der Waals surface area contributed by atoms with E-state index in [0.717, 1.165) is 16.9 Å². The molecule has 0 spiro atoms. The average Bonchev–Trinajstić information content (AvgIpc) is 2.31. The maximum absolute atomic E-state index is 11.5. The monoisotopic (exact) mass is 223 g/mol. The third-order valence-corrected chi connectivity index (χ3v) is 2.57. The summed E-state index contributed by atoms with van der Waals surface area (Å²) in [5.74, 6) is 0.0496. The van der Waals surface area contributed by atoms with Crippen LogP contribution in [-0.4, -0.2) is 26.7 Å². The van der Waals surface area contributed by atoms with Gasteiger partial charge < -0.3 is 15.2 Å². The van der Waals surface area contributed by atoms with Crippen LogP contribution < -0.4 is 10.5 Å². The smallest absolute Gasteiger partial charge is 0.314 e. The fourth-order valence-electron chi connectivity index (χ4n) is 1.66. The number of carbonyl (C=O) groups excluding carboxylic acids is 1. The molecule has 0 aliphatic heterocycles. The molecule has 1 unspecified atom stereocenters. The van der Waals surface area contributed by atoms with Crippen molar-refractivity contribution < 1.29 is 14.3 Å². The lowest BCUT2D eigenvalue weighted by molar-refractivity contribution is -0.142. The van der Waals surface area contributed by atoms with Crippen molar-refractivity contribution in [3.05, 3.63) is 29.3 Å². The van der Waals surface area contributed by atoms with Crippen LogP contribution >= 0.6 is 0 Å². The van der Waals surface area contributed by atoms with Crippen LogP contribution in [0.4, 0.5) is 0 Å². The van der Waals surface area contributed by atoms with E-state index < -0.39 is 5.92 Å². The molecule has 1 rings (SSSR count). The number of nitrogens with two attached hydrogens (primary N) is 1. The first-order valence-corrected chi connectivity index (χ1v) is 5.06. The zero-order valence-electron chi connectivity index (χ0n) is 9.82. The minimum atomic E-state index is -0.407. The lowest BCUT2D eigenvalue weighted by Gasteiger charge is -2.15. The molecule has 0 aromatic heterocycles. The summed E-state index contributed by atoms with van der Waals surface area (Å²) in [5.41, 5.74) is 7.45. The Bertz CT molecular complexity index is 377. The molecule has 1 aromatic carbocycles. The predicted molar refractivity (Wildman–Crippen MR) is 61.5 cm³/mol. The zero-order valence-corrected chi connectivity index (χ0v) is 9.82. The second-order valence-electron chi connectivity index (χ2n) is 3.53. The van der Waals surface area contributed by atoms with Gasteiger partial charge in [0.15, 0.2) is 0 Å². The molecule has 4 heteroatoms. The van der Waals surface area contributed by atoms with Crippen LogP contribution in [0.1, 0.15) is 17.0 Å². The van der Waals surface area contributed by atoms with E-state index in [1.54, 1.807) is 7.11 Å². The molecule has 0 amide bonds. The normalized spacial score (nSPS) is 12.0. The van der Waals surface area contributed by atoms with Gasteiger partial charge in [0.2, 0.25) is 0 Å². The van der Waals surface area contributed by atoms with Gasteiger partial charge in [-0.05, 0) is 30.2 Å². The lowest BCUT2D eigenvalue weighted by atomic mass is 9.95. The van der Waals surface area contributed by atoms with Crippen molar-refractivity contribution in [1.29, 1.82) is 0 Å². The highest BCUT2D eigenvalue weighted by atomic mass is 16.5. The molecule has 2 N–H and O–H groups in total. The van der Waals surface area contributed by atoms with Gasteiger partial charge in [-0.25, -0.2) is 0 Å². The standard InChI is InChI=1S/C12H17NO3/c1-8-6-9(15-2)4-5-10(8)11(7-13)12(14)16-3/h4-6,11H,7,13H2,1-3H3. The van der Waals surface area contributed by atoms with E-state index in [2.05, 4.69) is 0 Å². The summed E-state index contributed by atoms with van der Waals surface area (Å²) in [6.07, 6.45) is 0. The molecule has 1 aromatic rings. The van der Waals surface area contributed by atoms with E-state index >= 15 is 0 Å². The van der Waals surface area contributed by atoms with Gasteiger partial charge >= 0.3 is 5.97 Å².